The highest BCUT2D eigenvalue weighted by Gasteiger charge is 2.32. The van der Waals surface area contributed by atoms with Crippen molar-refractivity contribution < 1.29 is 22.3 Å². The fourth-order valence-electron chi connectivity index (χ4n) is 0.370. The van der Waals surface area contributed by atoms with Crippen LogP contribution in [0.1, 0.15) is 0 Å². The molecule has 0 spiro atoms. The summed E-state index contributed by atoms with van der Waals surface area (Å²) in [6.07, 6.45) is -3.09. The molecule has 0 N–H and O–H groups in total. The molecule has 0 saturated carbocycles. The molecule has 0 saturated heterocycles. The van der Waals surface area contributed by atoms with Crippen molar-refractivity contribution in [2.24, 2.45) is 0 Å². The summed E-state index contributed by atoms with van der Waals surface area (Å²) in [4.78, 5) is 3.09. The van der Waals surface area contributed by atoms with Crippen molar-refractivity contribution in [3.05, 3.63) is 12.7 Å². The third-order valence-corrected chi connectivity index (χ3v) is 0.630. The van der Waals surface area contributed by atoms with Gasteiger partial charge in [-0.1, -0.05) is 0 Å². The average Bonchev–Trinajstić information content (AvgIpc) is 2.12. The second kappa shape index (κ2) is 2.20. The third-order valence-electron chi connectivity index (χ3n) is 0.630. The summed E-state index contributed by atoms with van der Waals surface area (Å²) in [6, 6.07) is 0. The Balaban J connectivity index is 2.57. The summed E-state index contributed by atoms with van der Waals surface area (Å²) >= 11 is 0. The maximum absolute atomic E-state index is 11.3. The lowest BCUT2D eigenvalue weighted by Gasteiger charge is -2.02. The summed E-state index contributed by atoms with van der Waals surface area (Å²) in [7, 11) is 0. The third kappa shape index (κ3) is 1.96. The first-order valence-electron chi connectivity index (χ1n) is 2.22. The molecule has 0 aliphatic rings. The fraction of sp³-hybridized carbons (Fsp3) is 0.250. The SMILES string of the molecule is FC(F)(F)Oc1cocn1. The summed E-state index contributed by atoms with van der Waals surface area (Å²) in [5.74, 6) is -0.590. The minimum atomic E-state index is -4.70. The Labute approximate surface area is 53.4 Å². The van der Waals surface area contributed by atoms with E-state index in [1.54, 1.807) is 0 Å². The maximum atomic E-state index is 11.3. The Bertz CT molecular complexity index is 193. The lowest BCUT2D eigenvalue weighted by atomic mass is 10.9. The van der Waals surface area contributed by atoms with E-state index in [9.17, 15) is 13.2 Å². The number of hydrogen-bond donors (Lipinski definition) is 0. The van der Waals surface area contributed by atoms with E-state index >= 15 is 0 Å². The first-order chi connectivity index (χ1) is 4.58. The summed E-state index contributed by atoms with van der Waals surface area (Å²) in [5, 5.41) is 0. The van der Waals surface area contributed by atoms with Gasteiger partial charge in [0.25, 0.3) is 5.88 Å². The van der Waals surface area contributed by atoms with Gasteiger partial charge in [0.05, 0.1) is 0 Å². The summed E-state index contributed by atoms with van der Waals surface area (Å²) in [6.45, 7) is 0. The molecule has 6 heteroatoms. The van der Waals surface area contributed by atoms with Gasteiger partial charge in [0, 0.05) is 0 Å². The van der Waals surface area contributed by atoms with Crippen LogP contribution in [-0.2, 0) is 0 Å². The second-order valence-corrected chi connectivity index (χ2v) is 1.37. The maximum Gasteiger partial charge on any atom is 0.574 e. The number of oxazole rings is 1. The van der Waals surface area contributed by atoms with Crippen molar-refractivity contribution in [2.75, 3.05) is 0 Å². The molecule has 0 aliphatic heterocycles. The van der Waals surface area contributed by atoms with Crippen LogP contribution in [0.4, 0.5) is 13.2 Å². The van der Waals surface area contributed by atoms with Gasteiger partial charge in [-0.2, -0.15) is 4.98 Å². The number of halogens is 3. The van der Waals surface area contributed by atoms with Crippen molar-refractivity contribution in [3.63, 3.8) is 0 Å². The number of alkyl halides is 3. The number of rotatable bonds is 1. The van der Waals surface area contributed by atoms with E-state index in [1.807, 2.05) is 0 Å². The van der Waals surface area contributed by atoms with Crippen LogP contribution in [0.15, 0.2) is 17.1 Å². The monoisotopic (exact) mass is 153 g/mol. The molecule has 0 bridgehead atoms. The van der Waals surface area contributed by atoms with Gasteiger partial charge < -0.3 is 9.15 Å². The normalized spacial score (nSPS) is 11.5. The van der Waals surface area contributed by atoms with E-state index in [4.69, 9.17) is 0 Å². The van der Waals surface area contributed by atoms with Gasteiger partial charge in [-0.25, -0.2) is 0 Å². The smallest absolute Gasteiger partial charge is 0.448 e. The van der Waals surface area contributed by atoms with Crippen LogP contribution in [0.3, 0.4) is 0 Å². The number of ether oxygens (including phenoxy) is 1. The highest BCUT2D eigenvalue weighted by atomic mass is 19.4. The molecule has 3 nitrogen and oxygen atoms in total. The topological polar surface area (TPSA) is 35.3 Å². The molecule has 56 valence electrons. The first kappa shape index (κ1) is 6.91. The van der Waals surface area contributed by atoms with Gasteiger partial charge in [-0.3, -0.25) is 0 Å². The van der Waals surface area contributed by atoms with Crippen molar-refractivity contribution >= 4 is 0 Å². The van der Waals surface area contributed by atoms with E-state index in [-0.39, 0.29) is 0 Å². The van der Waals surface area contributed by atoms with Crippen LogP contribution >= 0.6 is 0 Å². The Morgan fingerprint density at radius 3 is 2.60 bits per heavy atom. The molecular formula is C4H2F3NO2. The lowest BCUT2D eigenvalue weighted by molar-refractivity contribution is -0.276. The molecule has 10 heavy (non-hydrogen) atoms. The number of hydrogen-bond acceptors (Lipinski definition) is 3. The molecular weight excluding hydrogens is 151 g/mol. The van der Waals surface area contributed by atoms with Crippen molar-refractivity contribution in [1.82, 2.24) is 4.98 Å². The highest BCUT2D eigenvalue weighted by Crippen LogP contribution is 2.19. The number of nitrogens with zero attached hydrogens (tertiary/aromatic N) is 1. The lowest BCUT2D eigenvalue weighted by Crippen LogP contribution is -2.17. The Hall–Kier alpha value is -1.20. The van der Waals surface area contributed by atoms with Gasteiger partial charge in [-0.05, 0) is 0 Å². The molecule has 0 atom stereocenters. The van der Waals surface area contributed by atoms with E-state index in [2.05, 4.69) is 14.1 Å². The van der Waals surface area contributed by atoms with Gasteiger partial charge in [0.1, 0.15) is 0 Å². The van der Waals surface area contributed by atoms with Gasteiger partial charge in [-0.15, -0.1) is 13.2 Å². The molecule has 1 aromatic heterocycles. The Kier molecular flexibility index (Phi) is 1.52. The van der Waals surface area contributed by atoms with Gasteiger partial charge in [0.2, 0.25) is 0 Å². The molecule has 0 amide bonds. The minimum absolute atomic E-state index is 0.590. The van der Waals surface area contributed by atoms with Crippen LogP contribution in [0.2, 0.25) is 0 Å². The van der Waals surface area contributed by atoms with Crippen LogP contribution in [0.25, 0.3) is 0 Å². The molecule has 1 rings (SSSR count). The van der Waals surface area contributed by atoms with E-state index in [0.717, 1.165) is 12.7 Å². The largest absolute Gasteiger partial charge is 0.574 e. The van der Waals surface area contributed by atoms with E-state index in [0.29, 0.717) is 0 Å². The van der Waals surface area contributed by atoms with E-state index in [1.165, 1.54) is 0 Å². The molecule has 0 aromatic carbocycles. The quantitative estimate of drug-likeness (QED) is 0.614. The Morgan fingerprint density at radius 1 is 1.50 bits per heavy atom. The average molecular weight is 153 g/mol. The second-order valence-electron chi connectivity index (χ2n) is 1.37. The standard InChI is InChI=1S/C4H2F3NO2/c5-4(6,7)10-3-1-9-2-8-3/h1-2H. The summed E-state index contributed by atoms with van der Waals surface area (Å²) < 4.78 is 41.5. The van der Waals surface area contributed by atoms with Crippen LogP contribution in [-0.4, -0.2) is 11.3 Å². The fourth-order valence-corrected chi connectivity index (χ4v) is 0.370. The van der Waals surface area contributed by atoms with Crippen LogP contribution < -0.4 is 4.74 Å². The van der Waals surface area contributed by atoms with Gasteiger partial charge >= 0.3 is 6.36 Å². The zero-order chi connectivity index (χ0) is 7.61. The van der Waals surface area contributed by atoms with E-state index < -0.39 is 12.2 Å². The first-order valence-corrected chi connectivity index (χ1v) is 2.22. The molecule has 0 fully saturated rings. The van der Waals surface area contributed by atoms with Crippen LogP contribution in [0.5, 0.6) is 5.88 Å². The molecule has 1 heterocycles. The van der Waals surface area contributed by atoms with Crippen molar-refractivity contribution in [1.29, 1.82) is 0 Å². The predicted octanol–water partition coefficient (Wildman–Crippen LogP) is 1.57. The molecule has 0 radical (unpaired) electrons. The number of aromatic nitrogens is 1. The zero-order valence-electron chi connectivity index (χ0n) is 4.55. The molecule has 0 unspecified atom stereocenters. The highest BCUT2D eigenvalue weighted by molar-refractivity contribution is 4.97. The van der Waals surface area contributed by atoms with Crippen LogP contribution in [0, 0.1) is 0 Å². The predicted molar refractivity (Wildman–Crippen MR) is 23.2 cm³/mol. The van der Waals surface area contributed by atoms with Crippen molar-refractivity contribution in [3.8, 4) is 5.88 Å². The molecule has 1 aromatic rings. The van der Waals surface area contributed by atoms with Gasteiger partial charge in [0.15, 0.2) is 12.7 Å². The zero-order valence-corrected chi connectivity index (χ0v) is 4.55. The Morgan fingerprint density at radius 2 is 2.20 bits per heavy atom. The molecule has 0 aliphatic carbocycles. The summed E-state index contributed by atoms with van der Waals surface area (Å²) in [5.41, 5.74) is 0. The minimum Gasteiger partial charge on any atom is -0.448 e. The van der Waals surface area contributed by atoms with Crippen molar-refractivity contribution in [2.45, 2.75) is 6.36 Å².